The predicted octanol–water partition coefficient (Wildman–Crippen LogP) is 2.76. The summed E-state index contributed by atoms with van der Waals surface area (Å²) in [5, 5.41) is 8.75. The summed E-state index contributed by atoms with van der Waals surface area (Å²) in [6, 6.07) is 5.47. The normalized spacial score (nSPS) is 22.8. The van der Waals surface area contributed by atoms with Gasteiger partial charge < -0.3 is 4.98 Å². The minimum absolute atomic E-state index is 0.139. The molecule has 5 nitrogen and oxygen atoms in total. The molecule has 1 aliphatic heterocycles. The van der Waals surface area contributed by atoms with E-state index in [-0.39, 0.29) is 5.56 Å². The molecule has 1 unspecified atom stereocenters. The molecular weight excluding hydrogens is 296 g/mol. The van der Waals surface area contributed by atoms with E-state index in [2.05, 4.69) is 36.1 Å². The Morgan fingerprint density at radius 3 is 3.00 bits per heavy atom. The number of azo groups is 1. The molecule has 1 atom stereocenters. The first-order valence-corrected chi connectivity index (χ1v) is 6.46. The van der Waals surface area contributed by atoms with Gasteiger partial charge in [0.25, 0.3) is 5.56 Å². The quantitative estimate of drug-likeness (QED) is 0.880. The van der Waals surface area contributed by atoms with E-state index in [1.165, 1.54) is 0 Å². The lowest BCUT2D eigenvalue weighted by Gasteiger charge is -2.17. The van der Waals surface area contributed by atoms with E-state index in [0.717, 1.165) is 10.9 Å². The SMILES string of the molecule is CC1(c2nc3ccc(Br)cc3c(=O)[nH]2)CCN=N1. The highest BCUT2D eigenvalue weighted by molar-refractivity contribution is 9.10. The molecule has 0 saturated carbocycles. The lowest BCUT2D eigenvalue weighted by Crippen LogP contribution is -2.24. The van der Waals surface area contributed by atoms with Gasteiger partial charge in [-0.1, -0.05) is 15.9 Å². The Hall–Kier alpha value is -1.56. The van der Waals surface area contributed by atoms with Crippen molar-refractivity contribution < 1.29 is 0 Å². The summed E-state index contributed by atoms with van der Waals surface area (Å²) in [6.45, 7) is 2.62. The van der Waals surface area contributed by atoms with Gasteiger partial charge in [0.15, 0.2) is 0 Å². The van der Waals surface area contributed by atoms with Crippen LogP contribution in [0.2, 0.25) is 0 Å². The Morgan fingerprint density at radius 1 is 1.44 bits per heavy atom. The van der Waals surface area contributed by atoms with E-state index in [0.29, 0.717) is 23.3 Å². The summed E-state index contributed by atoms with van der Waals surface area (Å²) in [4.78, 5) is 19.4. The summed E-state index contributed by atoms with van der Waals surface area (Å²) in [6.07, 6.45) is 0.776. The van der Waals surface area contributed by atoms with Crippen molar-refractivity contribution in [2.24, 2.45) is 10.2 Å². The molecule has 2 aromatic rings. The van der Waals surface area contributed by atoms with E-state index in [1.54, 1.807) is 6.07 Å². The largest absolute Gasteiger partial charge is 0.308 e. The smallest absolute Gasteiger partial charge is 0.258 e. The Labute approximate surface area is 111 Å². The summed E-state index contributed by atoms with van der Waals surface area (Å²) in [5.74, 6) is 0.587. The highest BCUT2D eigenvalue weighted by Gasteiger charge is 2.32. The molecular formula is C12H11BrN4O. The number of hydrogen-bond donors (Lipinski definition) is 1. The van der Waals surface area contributed by atoms with Crippen LogP contribution in [0.4, 0.5) is 0 Å². The first-order valence-electron chi connectivity index (χ1n) is 5.67. The zero-order valence-corrected chi connectivity index (χ0v) is 11.4. The zero-order chi connectivity index (χ0) is 12.8. The fraction of sp³-hybridized carbons (Fsp3) is 0.333. The molecule has 18 heavy (non-hydrogen) atoms. The van der Waals surface area contributed by atoms with Crippen LogP contribution in [-0.4, -0.2) is 16.5 Å². The maximum atomic E-state index is 12.1. The second-order valence-electron chi connectivity index (χ2n) is 4.56. The number of fused-ring (bicyclic) bond motifs is 1. The van der Waals surface area contributed by atoms with Gasteiger partial charge in [0, 0.05) is 10.9 Å². The van der Waals surface area contributed by atoms with Gasteiger partial charge in [-0.3, -0.25) is 4.79 Å². The minimum atomic E-state index is -0.500. The third-order valence-corrected chi connectivity index (χ3v) is 3.66. The molecule has 1 aromatic carbocycles. The van der Waals surface area contributed by atoms with E-state index in [9.17, 15) is 4.79 Å². The van der Waals surface area contributed by atoms with Crippen LogP contribution in [0.5, 0.6) is 0 Å². The first kappa shape index (κ1) is 11.5. The molecule has 0 saturated heterocycles. The Kier molecular flexibility index (Phi) is 2.55. The second-order valence-corrected chi connectivity index (χ2v) is 5.48. The van der Waals surface area contributed by atoms with E-state index in [1.807, 2.05) is 19.1 Å². The van der Waals surface area contributed by atoms with Crippen LogP contribution < -0.4 is 5.56 Å². The van der Waals surface area contributed by atoms with E-state index >= 15 is 0 Å². The molecule has 6 heteroatoms. The molecule has 3 rings (SSSR count). The van der Waals surface area contributed by atoms with Crippen molar-refractivity contribution >= 4 is 26.8 Å². The lowest BCUT2D eigenvalue weighted by molar-refractivity contribution is 0.472. The van der Waals surface area contributed by atoms with Crippen LogP contribution in [0.15, 0.2) is 37.7 Å². The highest BCUT2D eigenvalue weighted by atomic mass is 79.9. The van der Waals surface area contributed by atoms with E-state index in [4.69, 9.17) is 0 Å². The number of H-pyrrole nitrogens is 1. The van der Waals surface area contributed by atoms with Crippen molar-refractivity contribution in [2.75, 3.05) is 6.54 Å². The molecule has 0 aliphatic carbocycles. The van der Waals surface area contributed by atoms with Crippen LogP contribution in [0, 0.1) is 0 Å². The number of halogens is 1. The minimum Gasteiger partial charge on any atom is -0.308 e. The van der Waals surface area contributed by atoms with Crippen molar-refractivity contribution in [1.29, 1.82) is 0 Å². The third-order valence-electron chi connectivity index (χ3n) is 3.17. The average molecular weight is 307 g/mol. The molecule has 92 valence electrons. The molecule has 0 radical (unpaired) electrons. The molecule has 1 N–H and O–H groups in total. The number of rotatable bonds is 1. The maximum absolute atomic E-state index is 12.1. The summed E-state index contributed by atoms with van der Waals surface area (Å²) < 4.78 is 0.863. The molecule has 0 bridgehead atoms. The fourth-order valence-electron chi connectivity index (χ4n) is 2.06. The van der Waals surface area contributed by atoms with Gasteiger partial charge in [-0.2, -0.15) is 10.2 Å². The molecule has 0 fully saturated rings. The van der Waals surface area contributed by atoms with Crippen molar-refractivity contribution in [3.8, 4) is 0 Å². The zero-order valence-electron chi connectivity index (χ0n) is 9.77. The Bertz CT molecular complexity index is 709. The van der Waals surface area contributed by atoms with E-state index < -0.39 is 5.54 Å². The van der Waals surface area contributed by atoms with Gasteiger partial charge in [0.05, 0.1) is 17.4 Å². The third kappa shape index (κ3) is 1.77. The van der Waals surface area contributed by atoms with Gasteiger partial charge in [0.2, 0.25) is 0 Å². The van der Waals surface area contributed by atoms with Crippen molar-refractivity contribution in [3.05, 3.63) is 38.9 Å². The highest BCUT2D eigenvalue weighted by Crippen LogP contribution is 2.31. The summed E-state index contributed by atoms with van der Waals surface area (Å²) >= 11 is 3.35. The summed E-state index contributed by atoms with van der Waals surface area (Å²) in [7, 11) is 0. The van der Waals surface area contributed by atoms with Crippen molar-refractivity contribution in [2.45, 2.75) is 18.9 Å². The second kappa shape index (κ2) is 3.98. The van der Waals surface area contributed by atoms with Crippen LogP contribution >= 0.6 is 15.9 Å². The van der Waals surface area contributed by atoms with Gasteiger partial charge in [-0.05, 0) is 25.1 Å². The number of benzene rings is 1. The molecule has 0 amide bonds. The first-order chi connectivity index (χ1) is 8.58. The number of aromatic amines is 1. The molecule has 2 heterocycles. The monoisotopic (exact) mass is 306 g/mol. The molecule has 1 aromatic heterocycles. The van der Waals surface area contributed by atoms with Crippen LogP contribution in [-0.2, 0) is 5.54 Å². The van der Waals surface area contributed by atoms with Crippen LogP contribution in [0.1, 0.15) is 19.2 Å². The predicted molar refractivity (Wildman–Crippen MR) is 71.8 cm³/mol. The number of nitrogens with zero attached hydrogens (tertiary/aromatic N) is 3. The maximum Gasteiger partial charge on any atom is 0.258 e. The van der Waals surface area contributed by atoms with Crippen molar-refractivity contribution in [3.63, 3.8) is 0 Å². The molecule has 1 aliphatic rings. The fourth-order valence-corrected chi connectivity index (χ4v) is 2.42. The van der Waals surface area contributed by atoms with Crippen LogP contribution in [0.3, 0.4) is 0 Å². The molecule has 0 spiro atoms. The Balaban J connectivity index is 2.25. The lowest BCUT2D eigenvalue weighted by atomic mass is 9.99. The standard InChI is InChI=1S/C12H11BrN4O/c1-12(4-5-14-17-12)11-15-9-3-2-7(13)6-8(9)10(18)16-11/h2-3,6H,4-5H2,1H3,(H,15,16,18). The van der Waals surface area contributed by atoms with Crippen LogP contribution in [0.25, 0.3) is 10.9 Å². The van der Waals surface area contributed by atoms with Gasteiger partial charge in [-0.25, -0.2) is 4.98 Å². The number of nitrogens with one attached hydrogen (secondary N) is 1. The average Bonchev–Trinajstić information content (AvgIpc) is 2.78. The number of aromatic nitrogens is 2. The van der Waals surface area contributed by atoms with Gasteiger partial charge >= 0.3 is 0 Å². The van der Waals surface area contributed by atoms with Crippen molar-refractivity contribution in [1.82, 2.24) is 9.97 Å². The van der Waals surface area contributed by atoms with Gasteiger partial charge in [-0.15, -0.1) is 0 Å². The topological polar surface area (TPSA) is 70.5 Å². The number of hydrogen-bond acceptors (Lipinski definition) is 4. The summed E-state index contributed by atoms with van der Waals surface area (Å²) in [5.41, 5.74) is 0.0420. The van der Waals surface area contributed by atoms with Gasteiger partial charge in [0.1, 0.15) is 11.4 Å². The Morgan fingerprint density at radius 2 is 2.28 bits per heavy atom.